The molecule has 0 saturated carbocycles. The van der Waals surface area contributed by atoms with Crippen molar-refractivity contribution in [1.29, 1.82) is 0 Å². The fourth-order valence-corrected chi connectivity index (χ4v) is 2.03. The third kappa shape index (κ3) is 5.17. The van der Waals surface area contributed by atoms with E-state index in [9.17, 15) is 4.39 Å². The zero-order valence-corrected chi connectivity index (χ0v) is 12.2. The maximum atomic E-state index is 14.0. The van der Waals surface area contributed by atoms with Crippen LogP contribution < -0.4 is 10.2 Å². The molecule has 0 radical (unpaired) electrons. The molecule has 0 fully saturated rings. The fraction of sp³-hybridized carbons (Fsp3) is 0.600. The number of para-hydroxylation sites is 1. The summed E-state index contributed by atoms with van der Waals surface area (Å²) in [5.41, 5.74) is 1.70. The van der Waals surface area contributed by atoms with Gasteiger partial charge in [0.25, 0.3) is 0 Å². The van der Waals surface area contributed by atoms with Crippen LogP contribution in [0.4, 0.5) is 10.1 Å². The van der Waals surface area contributed by atoms with Gasteiger partial charge < -0.3 is 15.0 Å². The first-order chi connectivity index (χ1) is 9.20. The Labute approximate surface area is 115 Å². The summed E-state index contributed by atoms with van der Waals surface area (Å²) in [5.74, 6) is -0.148. The monoisotopic (exact) mass is 268 g/mol. The van der Waals surface area contributed by atoms with E-state index < -0.39 is 0 Å². The number of benzene rings is 1. The van der Waals surface area contributed by atoms with Crippen LogP contribution in [0.5, 0.6) is 0 Å². The molecule has 1 aromatic rings. The smallest absolute Gasteiger partial charge is 0.146 e. The Morgan fingerprint density at radius 1 is 1.37 bits per heavy atom. The van der Waals surface area contributed by atoms with Crippen molar-refractivity contribution < 1.29 is 9.13 Å². The molecule has 0 aromatic heterocycles. The third-order valence-corrected chi connectivity index (χ3v) is 3.10. The van der Waals surface area contributed by atoms with Crippen molar-refractivity contribution in [2.24, 2.45) is 0 Å². The van der Waals surface area contributed by atoms with Crippen LogP contribution in [0, 0.1) is 5.82 Å². The van der Waals surface area contributed by atoms with Gasteiger partial charge in [0, 0.05) is 33.8 Å². The van der Waals surface area contributed by atoms with Gasteiger partial charge in [-0.3, -0.25) is 0 Å². The average Bonchev–Trinajstić information content (AvgIpc) is 2.41. The quantitative estimate of drug-likeness (QED) is 0.697. The third-order valence-electron chi connectivity index (χ3n) is 3.10. The number of nitrogens with one attached hydrogen (secondary N) is 1. The molecule has 0 aliphatic heterocycles. The molecule has 0 atom stereocenters. The van der Waals surface area contributed by atoms with E-state index in [1.54, 1.807) is 13.2 Å². The minimum Gasteiger partial charge on any atom is -0.383 e. The SMILES string of the molecule is CCCCN(C)c1c(F)cccc1CNCCOC. The topological polar surface area (TPSA) is 24.5 Å². The van der Waals surface area contributed by atoms with E-state index in [1.807, 2.05) is 18.0 Å². The number of hydrogen-bond acceptors (Lipinski definition) is 3. The van der Waals surface area contributed by atoms with Gasteiger partial charge in [-0.25, -0.2) is 4.39 Å². The number of nitrogens with zero attached hydrogens (tertiary/aromatic N) is 1. The predicted molar refractivity (Wildman–Crippen MR) is 78.2 cm³/mol. The highest BCUT2D eigenvalue weighted by Gasteiger charge is 2.12. The second-order valence-corrected chi connectivity index (χ2v) is 4.69. The fourth-order valence-electron chi connectivity index (χ4n) is 2.03. The molecule has 3 nitrogen and oxygen atoms in total. The van der Waals surface area contributed by atoms with Crippen LogP contribution in [0.3, 0.4) is 0 Å². The van der Waals surface area contributed by atoms with E-state index in [2.05, 4.69) is 12.2 Å². The highest BCUT2D eigenvalue weighted by Crippen LogP contribution is 2.23. The van der Waals surface area contributed by atoms with Crippen LogP contribution in [-0.2, 0) is 11.3 Å². The lowest BCUT2D eigenvalue weighted by molar-refractivity contribution is 0.199. The lowest BCUT2D eigenvalue weighted by Crippen LogP contribution is -2.24. The van der Waals surface area contributed by atoms with Crippen LogP contribution >= 0.6 is 0 Å². The van der Waals surface area contributed by atoms with Gasteiger partial charge in [-0.1, -0.05) is 25.5 Å². The van der Waals surface area contributed by atoms with E-state index >= 15 is 0 Å². The first-order valence-electron chi connectivity index (χ1n) is 6.88. The molecule has 0 aliphatic rings. The van der Waals surface area contributed by atoms with Crippen LogP contribution in [-0.4, -0.2) is 33.9 Å². The summed E-state index contributed by atoms with van der Waals surface area (Å²) in [6, 6.07) is 5.26. The number of ether oxygens (including phenoxy) is 1. The number of halogens is 1. The van der Waals surface area contributed by atoms with Gasteiger partial charge in [-0.05, 0) is 18.1 Å². The molecule has 1 N–H and O–H groups in total. The Morgan fingerprint density at radius 2 is 2.16 bits per heavy atom. The van der Waals surface area contributed by atoms with Gasteiger partial charge in [0.05, 0.1) is 12.3 Å². The van der Waals surface area contributed by atoms with Crippen molar-refractivity contribution in [2.75, 3.05) is 38.8 Å². The van der Waals surface area contributed by atoms with E-state index in [0.717, 1.165) is 31.5 Å². The van der Waals surface area contributed by atoms with E-state index in [4.69, 9.17) is 4.74 Å². The van der Waals surface area contributed by atoms with E-state index in [-0.39, 0.29) is 5.82 Å². The summed E-state index contributed by atoms with van der Waals surface area (Å²) >= 11 is 0. The molecule has 0 unspecified atom stereocenters. The van der Waals surface area contributed by atoms with Gasteiger partial charge in [-0.2, -0.15) is 0 Å². The summed E-state index contributed by atoms with van der Waals surface area (Å²) in [5, 5.41) is 3.26. The maximum Gasteiger partial charge on any atom is 0.146 e. The van der Waals surface area contributed by atoms with Crippen molar-refractivity contribution in [3.8, 4) is 0 Å². The summed E-state index contributed by atoms with van der Waals surface area (Å²) in [6.07, 6.45) is 2.18. The highest BCUT2D eigenvalue weighted by molar-refractivity contribution is 5.54. The highest BCUT2D eigenvalue weighted by atomic mass is 19.1. The van der Waals surface area contributed by atoms with Gasteiger partial charge >= 0.3 is 0 Å². The summed E-state index contributed by atoms with van der Waals surface area (Å²) in [4.78, 5) is 2.01. The van der Waals surface area contributed by atoms with Gasteiger partial charge in [0.15, 0.2) is 0 Å². The number of anilines is 1. The summed E-state index contributed by atoms with van der Waals surface area (Å²) in [6.45, 7) is 5.11. The van der Waals surface area contributed by atoms with Crippen molar-refractivity contribution in [3.05, 3.63) is 29.6 Å². The Bertz CT molecular complexity index is 371. The van der Waals surface area contributed by atoms with Crippen LogP contribution in [0.2, 0.25) is 0 Å². The van der Waals surface area contributed by atoms with Crippen LogP contribution in [0.15, 0.2) is 18.2 Å². The zero-order chi connectivity index (χ0) is 14.1. The number of unbranched alkanes of at least 4 members (excludes halogenated alkanes) is 1. The molecule has 0 spiro atoms. The number of rotatable bonds is 9. The first-order valence-corrected chi connectivity index (χ1v) is 6.88. The van der Waals surface area contributed by atoms with Crippen molar-refractivity contribution in [3.63, 3.8) is 0 Å². The Balaban J connectivity index is 2.71. The molecule has 0 aliphatic carbocycles. The molecule has 0 saturated heterocycles. The summed E-state index contributed by atoms with van der Waals surface area (Å²) in [7, 11) is 3.63. The minimum atomic E-state index is -0.148. The molecule has 0 amide bonds. The number of hydrogen-bond donors (Lipinski definition) is 1. The second-order valence-electron chi connectivity index (χ2n) is 4.69. The Hall–Kier alpha value is -1.13. The van der Waals surface area contributed by atoms with Crippen molar-refractivity contribution in [1.82, 2.24) is 5.32 Å². The predicted octanol–water partition coefficient (Wildman–Crippen LogP) is 2.80. The first kappa shape index (κ1) is 15.9. The van der Waals surface area contributed by atoms with Crippen molar-refractivity contribution in [2.45, 2.75) is 26.3 Å². The summed E-state index contributed by atoms with van der Waals surface area (Å²) < 4.78 is 19.0. The zero-order valence-electron chi connectivity index (χ0n) is 12.2. The van der Waals surface area contributed by atoms with Crippen LogP contribution in [0.1, 0.15) is 25.3 Å². The minimum absolute atomic E-state index is 0.148. The lowest BCUT2D eigenvalue weighted by atomic mass is 10.1. The molecule has 0 bridgehead atoms. The largest absolute Gasteiger partial charge is 0.383 e. The molecule has 1 rings (SSSR count). The standard InChI is InChI=1S/C15H25FN2O/c1-4-5-10-18(2)15-13(7-6-8-14(15)16)12-17-9-11-19-3/h6-8,17H,4-5,9-12H2,1-3H3. The Kier molecular flexibility index (Phi) is 7.45. The lowest BCUT2D eigenvalue weighted by Gasteiger charge is -2.23. The normalized spacial score (nSPS) is 10.7. The molecule has 19 heavy (non-hydrogen) atoms. The maximum absolute atomic E-state index is 14.0. The molecule has 108 valence electrons. The Morgan fingerprint density at radius 3 is 2.84 bits per heavy atom. The van der Waals surface area contributed by atoms with Gasteiger partial charge in [0.1, 0.15) is 5.82 Å². The molecular formula is C15H25FN2O. The molecule has 1 aromatic carbocycles. The number of methoxy groups -OCH3 is 1. The molecule has 4 heteroatoms. The molecular weight excluding hydrogens is 243 g/mol. The van der Waals surface area contributed by atoms with Gasteiger partial charge in [0.2, 0.25) is 0 Å². The van der Waals surface area contributed by atoms with Crippen molar-refractivity contribution >= 4 is 5.69 Å². The average molecular weight is 268 g/mol. The van der Waals surface area contributed by atoms with E-state index in [0.29, 0.717) is 18.8 Å². The van der Waals surface area contributed by atoms with Gasteiger partial charge in [-0.15, -0.1) is 0 Å². The van der Waals surface area contributed by atoms with Crippen LogP contribution in [0.25, 0.3) is 0 Å². The second kappa shape index (κ2) is 8.88. The molecule has 0 heterocycles. The van der Waals surface area contributed by atoms with E-state index in [1.165, 1.54) is 6.07 Å².